The van der Waals surface area contributed by atoms with Gasteiger partial charge in [0.2, 0.25) is 0 Å². The summed E-state index contributed by atoms with van der Waals surface area (Å²) in [6.45, 7) is 7.54. The molecule has 0 fully saturated rings. The first-order valence-corrected chi connectivity index (χ1v) is 6.90. The summed E-state index contributed by atoms with van der Waals surface area (Å²) < 4.78 is 7.71. The summed E-state index contributed by atoms with van der Waals surface area (Å²) in [4.78, 5) is 0. The van der Waals surface area contributed by atoms with Crippen molar-refractivity contribution in [2.24, 2.45) is 7.05 Å². The van der Waals surface area contributed by atoms with Gasteiger partial charge in [0.15, 0.2) is 0 Å². The van der Waals surface area contributed by atoms with Crippen LogP contribution in [0.2, 0.25) is 0 Å². The summed E-state index contributed by atoms with van der Waals surface area (Å²) in [5.74, 6) is 0. The van der Waals surface area contributed by atoms with Gasteiger partial charge in [-0.25, -0.2) is 0 Å². The lowest BCUT2D eigenvalue weighted by atomic mass is 9.85. The van der Waals surface area contributed by atoms with E-state index < -0.39 is 0 Å². The molecule has 4 nitrogen and oxygen atoms in total. The molecule has 0 aromatic carbocycles. The van der Waals surface area contributed by atoms with Gasteiger partial charge in [-0.1, -0.05) is 20.8 Å². The molecule has 1 unspecified atom stereocenters. The highest BCUT2D eigenvalue weighted by Crippen LogP contribution is 2.34. The van der Waals surface area contributed by atoms with Gasteiger partial charge in [0, 0.05) is 25.9 Å². The Morgan fingerprint density at radius 1 is 1.39 bits per heavy atom. The molecule has 0 saturated carbocycles. The lowest BCUT2D eigenvalue weighted by molar-refractivity contribution is -0.0485. The van der Waals surface area contributed by atoms with E-state index in [4.69, 9.17) is 4.74 Å². The molecule has 4 heteroatoms. The number of hydrogen-bond donors (Lipinski definition) is 1. The van der Waals surface area contributed by atoms with Crippen molar-refractivity contribution in [1.29, 1.82) is 0 Å². The zero-order valence-electron chi connectivity index (χ0n) is 12.4. The van der Waals surface area contributed by atoms with Crippen LogP contribution in [0.25, 0.3) is 0 Å². The maximum absolute atomic E-state index is 5.86. The summed E-state index contributed by atoms with van der Waals surface area (Å²) >= 11 is 0. The van der Waals surface area contributed by atoms with E-state index in [1.807, 2.05) is 25.0 Å². The van der Waals surface area contributed by atoms with Crippen LogP contribution in [0.1, 0.15) is 51.6 Å². The van der Waals surface area contributed by atoms with Crippen molar-refractivity contribution in [2.75, 3.05) is 13.7 Å². The standard InChI is InChI=1S/C14H27N3O/c1-6-9-15-13(12-10-16-17(4)11-12)14(7-2,8-3)18-5/h10-11,13,15H,6-9H2,1-5H3. The average Bonchev–Trinajstić information content (AvgIpc) is 2.81. The van der Waals surface area contributed by atoms with Crippen LogP contribution in [0, 0.1) is 0 Å². The molecule has 1 N–H and O–H groups in total. The Morgan fingerprint density at radius 3 is 2.44 bits per heavy atom. The van der Waals surface area contributed by atoms with Gasteiger partial charge in [0.1, 0.15) is 0 Å². The van der Waals surface area contributed by atoms with Crippen molar-refractivity contribution in [1.82, 2.24) is 15.1 Å². The maximum atomic E-state index is 5.86. The van der Waals surface area contributed by atoms with E-state index in [1.54, 1.807) is 0 Å². The maximum Gasteiger partial charge on any atom is 0.0868 e. The second kappa shape index (κ2) is 6.90. The molecule has 0 radical (unpaired) electrons. The Bertz CT molecular complexity index is 336. The second-order valence-electron chi connectivity index (χ2n) is 4.81. The fourth-order valence-electron chi connectivity index (χ4n) is 2.55. The fraction of sp³-hybridized carbons (Fsp3) is 0.786. The van der Waals surface area contributed by atoms with Gasteiger partial charge in [-0.3, -0.25) is 4.68 Å². The highest BCUT2D eigenvalue weighted by Gasteiger charge is 2.37. The molecule has 104 valence electrons. The van der Waals surface area contributed by atoms with Crippen LogP contribution in [-0.2, 0) is 11.8 Å². The summed E-state index contributed by atoms with van der Waals surface area (Å²) in [5, 5.41) is 7.90. The third-order valence-corrected chi connectivity index (χ3v) is 3.79. The molecule has 1 rings (SSSR count). The number of aryl methyl sites for hydroxylation is 1. The first kappa shape index (κ1) is 15.2. The molecule has 1 atom stereocenters. The van der Waals surface area contributed by atoms with Gasteiger partial charge in [-0.05, 0) is 25.8 Å². The quantitative estimate of drug-likeness (QED) is 0.774. The van der Waals surface area contributed by atoms with Gasteiger partial charge in [0.05, 0.1) is 17.8 Å². The minimum Gasteiger partial charge on any atom is -0.376 e. The summed E-state index contributed by atoms with van der Waals surface area (Å²) in [6, 6.07) is 0.200. The number of hydrogen-bond acceptors (Lipinski definition) is 3. The highest BCUT2D eigenvalue weighted by atomic mass is 16.5. The summed E-state index contributed by atoms with van der Waals surface area (Å²) in [7, 11) is 3.76. The monoisotopic (exact) mass is 253 g/mol. The van der Waals surface area contributed by atoms with Crippen molar-refractivity contribution < 1.29 is 4.74 Å². The summed E-state index contributed by atoms with van der Waals surface area (Å²) in [5.41, 5.74) is 1.05. The molecular formula is C14H27N3O. The normalized spacial score (nSPS) is 13.8. The smallest absolute Gasteiger partial charge is 0.0868 e. The third kappa shape index (κ3) is 3.12. The molecular weight excluding hydrogens is 226 g/mol. The number of nitrogens with zero attached hydrogens (tertiary/aromatic N) is 2. The first-order valence-electron chi connectivity index (χ1n) is 6.90. The molecule has 0 bridgehead atoms. The van der Waals surface area contributed by atoms with Gasteiger partial charge in [0.25, 0.3) is 0 Å². The van der Waals surface area contributed by atoms with Crippen molar-refractivity contribution in [2.45, 2.75) is 51.7 Å². The lowest BCUT2D eigenvalue weighted by Crippen LogP contribution is -2.45. The largest absolute Gasteiger partial charge is 0.376 e. The molecule has 0 aliphatic rings. The van der Waals surface area contributed by atoms with Gasteiger partial charge >= 0.3 is 0 Å². The number of nitrogens with one attached hydrogen (secondary N) is 1. The Balaban J connectivity index is 3.02. The van der Waals surface area contributed by atoms with Crippen LogP contribution in [-0.4, -0.2) is 29.0 Å². The van der Waals surface area contributed by atoms with Gasteiger partial charge in [-0.15, -0.1) is 0 Å². The van der Waals surface area contributed by atoms with Gasteiger partial charge in [-0.2, -0.15) is 5.10 Å². The van der Waals surface area contributed by atoms with E-state index in [1.165, 1.54) is 5.56 Å². The SMILES string of the molecule is CCCNC(c1cnn(C)c1)C(CC)(CC)OC. The van der Waals surface area contributed by atoms with Crippen molar-refractivity contribution in [3.05, 3.63) is 18.0 Å². The van der Waals surface area contributed by atoms with Crippen molar-refractivity contribution in [3.8, 4) is 0 Å². The van der Waals surface area contributed by atoms with Gasteiger partial charge < -0.3 is 10.1 Å². The Morgan fingerprint density at radius 2 is 2.06 bits per heavy atom. The van der Waals surface area contributed by atoms with E-state index in [-0.39, 0.29) is 11.6 Å². The minimum atomic E-state index is -0.155. The summed E-state index contributed by atoms with van der Waals surface area (Å²) in [6.07, 6.45) is 7.09. The zero-order valence-corrected chi connectivity index (χ0v) is 12.4. The molecule has 1 aromatic heterocycles. The highest BCUT2D eigenvalue weighted by molar-refractivity contribution is 5.16. The average molecular weight is 253 g/mol. The molecule has 1 heterocycles. The third-order valence-electron chi connectivity index (χ3n) is 3.79. The molecule has 0 spiro atoms. The number of ether oxygens (including phenoxy) is 1. The minimum absolute atomic E-state index is 0.155. The van der Waals surface area contributed by atoms with E-state index in [9.17, 15) is 0 Å². The predicted octanol–water partition coefficient (Wildman–Crippen LogP) is 2.67. The van der Waals surface area contributed by atoms with E-state index in [0.29, 0.717) is 0 Å². The van der Waals surface area contributed by atoms with E-state index >= 15 is 0 Å². The Labute approximate surface area is 111 Å². The lowest BCUT2D eigenvalue weighted by Gasteiger charge is -2.38. The number of rotatable bonds is 8. The molecule has 18 heavy (non-hydrogen) atoms. The topological polar surface area (TPSA) is 39.1 Å². The first-order chi connectivity index (χ1) is 8.63. The predicted molar refractivity (Wildman–Crippen MR) is 74.6 cm³/mol. The van der Waals surface area contributed by atoms with Crippen LogP contribution in [0.5, 0.6) is 0 Å². The van der Waals surface area contributed by atoms with E-state index in [0.717, 1.165) is 25.8 Å². The van der Waals surface area contributed by atoms with Crippen LogP contribution in [0.3, 0.4) is 0 Å². The zero-order chi connectivity index (χ0) is 13.6. The molecule has 0 aliphatic carbocycles. The number of aromatic nitrogens is 2. The van der Waals surface area contributed by atoms with E-state index in [2.05, 4.69) is 37.4 Å². The number of methoxy groups -OCH3 is 1. The Kier molecular flexibility index (Phi) is 5.82. The van der Waals surface area contributed by atoms with Crippen LogP contribution < -0.4 is 5.32 Å². The molecule has 0 saturated heterocycles. The molecule has 0 aliphatic heterocycles. The fourth-order valence-corrected chi connectivity index (χ4v) is 2.55. The molecule has 1 aromatic rings. The Hall–Kier alpha value is -0.870. The van der Waals surface area contributed by atoms with Crippen LogP contribution >= 0.6 is 0 Å². The van der Waals surface area contributed by atoms with Crippen molar-refractivity contribution in [3.63, 3.8) is 0 Å². The second-order valence-corrected chi connectivity index (χ2v) is 4.81. The van der Waals surface area contributed by atoms with Crippen LogP contribution in [0.4, 0.5) is 0 Å². The van der Waals surface area contributed by atoms with Crippen molar-refractivity contribution >= 4 is 0 Å². The van der Waals surface area contributed by atoms with Crippen LogP contribution in [0.15, 0.2) is 12.4 Å². The molecule has 0 amide bonds.